The predicted octanol–water partition coefficient (Wildman–Crippen LogP) is 4.69. The van der Waals surface area contributed by atoms with E-state index in [9.17, 15) is 18.3 Å². The summed E-state index contributed by atoms with van der Waals surface area (Å²) in [6.45, 7) is 3.83. The molecule has 0 aliphatic heterocycles. The predicted molar refractivity (Wildman–Crippen MR) is 66.3 cm³/mol. The van der Waals surface area contributed by atoms with Crippen LogP contribution in [0.1, 0.15) is 65.2 Å². The van der Waals surface area contributed by atoms with Gasteiger partial charge in [0.25, 0.3) is 0 Å². The molecule has 1 N–H and O–H groups in total. The first-order valence-electron chi connectivity index (χ1n) is 7.05. The summed E-state index contributed by atoms with van der Waals surface area (Å²) < 4.78 is 36.4. The molecule has 0 saturated heterocycles. The average Bonchev–Trinajstić information content (AvgIpc) is 2.27. The van der Waals surface area contributed by atoms with Crippen molar-refractivity contribution < 1.29 is 18.3 Å². The van der Waals surface area contributed by atoms with Crippen molar-refractivity contribution in [1.29, 1.82) is 0 Å². The quantitative estimate of drug-likeness (QED) is 0.765. The standard InChI is InChI=1S/C14H25F3O/c1-3-11-7-4-5-8-12(11)13(2,18)9-6-10-14(15,16)17/h11-12,18H,3-10H2,1-2H3. The summed E-state index contributed by atoms with van der Waals surface area (Å²) >= 11 is 0. The van der Waals surface area contributed by atoms with Crippen molar-refractivity contribution in [2.75, 3.05) is 0 Å². The fourth-order valence-corrected chi connectivity index (χ4v) is 3.35. The Morgan fingerprint density at radius 1 is 1.11 bits per heavy atom. The van der Waals surface area contributed by atoms with E-state index in [0.717, 1.165) is 25.7 Å². The van der Waals surface area contributed by atoms with Gasteiger partial charge in [-0.1, -0.05) is 32.6 Å². The second kappa shape index (κ2) is 6.27. The highest BCUT2D eigenvalue weighted by atomic mass is 19.4. The molecule has 1 fully saturated rings. The molecule has 0 aromatic carbocycles. The topological polar surface area (TPSA) is 20.2 Å². The lowest BCUT2D eigenvalue weighted by atomic mass is 9.68. The first-order chi connectivity index (χ1) is 8.26. The third-order valence-corrected chi connectivity index (χ3v) is 4.38. The number of aliphatic hydroxyl groups is 1. The van der Waals surface area contributed by atoms with E-state index in [0.29, 0.717) is 5.92 Å². The molecule has 0 aromatic rings. The number of hydrogen-bond acceptors (Lipinski definition) is 1. The first-order valence-corrected chi connectivity index (χ1v) is 7.05. The lowest BCUT2D eigenvalue weighted by Gasteiger charge is -2.41. The van der Waals surface area contributed by atoms with Gasteiger partial charge in [-0.2, -0.15) is 13.2 Å². The maximum Gasteiger partial charge on any atom is 0.389 e. The van der Waals surface area contributed by atoms with Crippen LogP contribution in [0.15, 0.2) is 0 Å². The van der Waals surface area contributed by atoms with Gasteiger partial charge >= 0.3 is 6.18 Å². The molecule has 0 amide bonds. The van der Waals surface area contributed by atoms with Gasteiger partial charge in [-0.05, 0) is 38.0 Å². The summed E-state index contributed by atoms with van der Waals surface area (Å²) in [5.74, 6) is 0.643. The molecule has 1 saturated carbocycles. The fraction of sp³-hybridized carbons (Fsp3) is 1.00. The molecular formula is C14H25F3O. The van der Waals surface area contributed by atoms with Gasteiger partial charge in [-0.15, -0.1) is 0 Å². The molecule has 4 heteroatoms. The molecule has 1 nitrogen and oxygen atoms in total. The normalized spacial score (nSPS) is 29.0. The van der Waals surface area contributed by atoms with Crippen LogP contribution in [0.25, 0.3) is 0 Å². The van der Waals surface area contributed by atoms with Crippen LogP contribution < -0.4 is 0 Å². The van der Waals surface area contributed by atoms with E-state index >= 15 is 0 Å². The molecule has 0 radical (unpaired) electrons. The van der Waals surface area contributed by atoms with Crippen molar-refractivity contribution in [3.8, 4) is 0 Å². The second-order valence-electron chi connectivity index (χ2n) is 5.89. The van der Waals surface area contributed by atoms with E-state index in [1.807, 2.05) is 0 Å². The van der Waals surface area contributed by atoms with Gasteiger partial charge in [0.15, 0.2) is 0 Å². The Bertz CT molecular complexity index is 248. The van der Waals surface area contributed by atoms with Crippen LogP contribution in [0, 0.1) is 11.8 Å². The Morgan fingerprint density at radius 3 is 2.28 bits per heavy atom. The van der Waals surface area contributed by atoms with E-state index < -0.39 is 18.2 Å². The largest absolute Gasteiger partial charge is 0.390 e. The number of halogens is 3. The monoisotopic (exact) mass is 266 g/mol. The molecule has 1 rings (SSSR count). The molecule has 0 heterocycles. The number of rotatable bonds is 5. The van der Waals surface area contributed by atoms with Crippen molar-refractivity contribution >= 4 is 0 Å². The van der Waals surface area contributed by atoms with Gasteiger partial charge in [0, 0.05) is 6.42 Å². The molecule has 108 valence electrons. The van der Waals surface area contributed by atoms with Gasteiger partial charge in [0.2, 0.25) is 0 Å². The maximum absolute atomic E-state index is 12.1. The van der Waals surface area contributed by atoms with Gasteiger partial charge in [0.1, 0.15) is 0 Å². The third kappa shape index (κ3) is 4.79. The highest BCUT2D eigenvalue weighted by molar-refractivity contribution is 4.88. The lowest BCUT2D eigenvalue weighted by molar-refractivity contribution is -0.139. The Kier molecular flexibility index (Phi) is 5.50. The SMILES string of the molecule is CCC1CCCCC1C(C)(O)CCCC(F)(F)F. The molecular weight excluding hydrogens is 241 g/mol. The summed E-state index contributed by atoms with van der Waals surface area (Å²) in [5.41, 5.74) is -0.938. The van der Waals surface area contributed by atoms with Gasteiger partial charge in [-0.3, -0.25) is 0 Å². The fourth-order valence-electron chi connectivity index (χ4n) is 3.35. The summed E-state index contributed by atoms with van der Waals surface area (Å²) in [4.78, 5) is 0. The van der Waals surface area contributed by atoms with Crippen LogP contribution >= 0.6 is 0 Å². The third-order valence-electron chi connectivity index (χ3n) is 4.38. The van der Waals surface area contributed by atoms with E-state index in [2.05, 4.69) is 6.92 Å². The highest BCUT2D eigenvalue weighted by Crippen LogP contribution is 2.41. The van der Waals surface area contributed by atoms with Crippen LogP contribution in [0.3, 0.4) is 0 Å². The Balaban J connectivity index is 2.50. The lowest BCUT2D eigenvalue weighted by Crippen LogP contribution is -2.41. The molecule has 0 aromatic heterocycles. The van der Waals surface area contributed by atoms with Gasteiger partial charge in [-0.25, -0.2) is 0 Å². The van der Waals surface area contributed by atoms with Crippen molar-refractivity contribution in [2.45, 2.75) is 77.0 Å². The minimum absolute atomic E-state index is 0.0312. The van der Waals surface area contributed by atoms with Crippen LogP contribution in [0.4, 0.5) is 13.2 Å². The summed E-state index contributed by atoms with van der Waals surface area (Å²) in [6, 6.07) is 0. The van der Waals surface area contributed by atoms with Crippen molar-refractivity contribution in [2.24, 2.45) is 11.8 Å². The molecule has 3 atom stereocenters. The molecule has 0 bridgehead atoms. The van der Waals surface area contributed by atoms with Crippen LogP contribution in [0.2, 0.25) is 0 Å². The zero-order chi connectivity index (χ0) is 13.8. The van der Waals surface area contributed by atoms with E-state index in [-0.39, 0.29) is 18.8 Å². The van der Waals surface area contributed by atoms with Crippen LogP contribution in [-0.2, 0) is 0 Å². The smallest absolute Gasteiger partial charge is 0.389 e. The number of hydrogen-bond donors (Lipinski definition) is 1. The average molecular weight is 266 g/mol. The van der Waals surface area contributed by atoms with Crippen molar-refractivity contribution in [3.05, 3.63) is 0 Å². The Morgan fingerprint density at radius 2 is 1.72 bits per heavy atom. The molecule has 18 heavy (non-hydrogen) atoms. The summed E-state index contributed by atoms with van der Waals surface area (Å²) in [6.07, 6.45) is 0.759. The zero-order valence-electron chi connectivity index (χ0n) is 11.4. The van der Waals surface area contributed by atoms with Crippen molar-refractivity contribution in [3.63, 3.8) is 0 Å². The van der Waals surface area contributed by atoms with Gasteiger partial charge < -0.3 is 5.11 Å². The number of alkyl halides is 3. The van der Waals surface area contributed by atoms with Crippen LogP contribution in [-0.4, -0.2) is 16.9 Å². The van der Waals surface area contributed by atoms with E-state index in [4.69, 9.17) is 0 Å². The summed E-state index contributed by atoms with van der Waals surface area (Å²) in [5, 5.41) is 10.5. The minimum atomic E-state index is -4.10. The molecule has 1 aliphatic carbocycles. The maximum atomic E-state index is 12.1. The Hall–Kier alpha value is -0.250. The van der Waals surface area contributed by atoms with Gasteiger partial charge in [0.05, 0.1) is 5.60 Å². The summed E-state index contributed by atoms with van der Waals surface area (Å²) in [7, 11) is 0. The molecule has 1 aliphatic rings. The minimum Gasteiger partial charge on any atom is -0.390 e. The Labute approximate surface area is 108 Å². The molecule has 3 unspecified atom stereocenters. The van der Waals surface area contributed by atoms with E-state index in [1.165, 1.54) is 6.42 Å². The zero-order valence-corrected chi connectivity index (χ0v) is 11.4. The molecule has 0 spiro atoms. The second-order valence-corrected chi connectivity index (χ2v) is 5.89. The van der Waals surface area contributed by atoms with Crippen molar-refractivity contribution in [1.82, 2.24) is 0 Å². The van der Waals surface area contributed by atoms with E-state index in [1.54, 1.807) is 6.92 Å². The van der Waals surface area contributed by atoms with Crippen LogP contribution in [0.5, 0.6) is 0 Å². The first kappa shape index (κ1) is 15.8. The highest BCUT2D eigenvalue weighted by Gasteiger charge is 2.38.